The van der Waals surface area contributed by atoms with Gasteiger partial charge in [-0.25, -0.2) is 4.79 Å². The molecule has 3 aromatic rings. The lowest BCUT2D eigenvalue weighted by atomic mass is 10.0. The highest BCUT2D eigenvalue weighted by Gasteiger charge is 2.23. The molecule has 27 heavy (non-hydrogen) atoms. The van der Waals surface area contributed by atoms with E-state index in [0.29, 0.717) is 5.56 Å². The van der Waals surface area contributed by atoms with Crippen LogP contribution in [0.5, 0.6) is 0 Å². The third kappa shape index (κ3) is 3.46. The lowest BCUT2D eigenvalue weighted by Gasteiger charge is -2.24. The summed E-state index contributed by atoms with van der Waals surface area (Å²) in [4.78, 5) is 18.7. The SMILES string of the molecule is CNCOC(=O)c1ccc2c(c1)c1c(n2Cc2ccncc2)CCN(C)C1. The van der Waals surface area contributed by atoms with Crippen molar-refractivity contribution in [2.24, 2.45) is 0 Å². The van der Waals surface area contributed by atoms with Gasteiger partial charge in [0.05, 0.1) is 5.56 Å². The third-order valence-corrected chi connectivity index (χ3v) is 5.12. The van der Waals surface area contributed by atoms with Crippen LogP contribution in [0.1, 0.15) is 27.2 Å². The summed E-state index contributed by atoms with van der Waals surface area (Å²) < 4.78 is 7.60. The molecule has 140 valence electrons. The van der Waals surface area contributed by atoms with E-state index in [1.165, 1.54) is 16.8 Å². The molecule has 1 aliphatic heterocycles. The van der Waals surface area contributed by atoms with Gasteiger partial charge in [-0.3, -0.25) is 10.3 Å². The Morgan fingerprint density at radius 1 is 1.26 bits per heavy atom. The standard InChI is InChI=1S/C21H24N4O2/c1-22-14-27-21(26)16-3-4-19-17(11-16)18-13-24(2)10-7-20(18)25(19)12-15-5-8-23-9-6-15/h3-6,8-9,11,22H,7,10,12-14H2,1-2H3. The van der Waals surface area contributed by atoms with Crippen LogP contribution in [-0.2, 0) is 24.2 Å². The minimum absolute atomic E-state index is 0.209. The monoisotopic (exact) mass is 364 g/mol. The topological polar surface area (TPSA) is 59.4 Å². The van der Waals surface area contributed by atoms with E-state index in [4.69, 9.17) is 4.74 Å². The number of benzene rings is 1. The van der Waals surface area contributed by atoms with Crippen LogP contribution in [0.25, 0.3) is 10.9 Å². The van der Waals surface area contributed by atoms with E-state index >= 15 is 0 Å². The van der Waals surface area contributed by atoms with E-state index in [-0.39, 0.29) is 12.7 Å². The van der Waals surface area contributed by atoms with Crippen LogP contribution in [0.15, 0.2) is 42.7 Å². The molecule has 0 fully saturated rings. The van der Waals surface area contributed by atoms with Crippen molar-refractivity contribution in [3.63, 3.8) is 0 Å². The number of nitrogens with one attached hydrogen (secondary N) is 1. The Balaban J connectivity index is 1.79. The fourth-order valence-corrected chi connectivity index (χ4v) is 3.78. The highest BCUT2D eigenvalue weighted by molar-refractivity contribution is 5.96. The van der Waals surface area contributed by atoms with Crippen molar-refractivity contribution in [3.8, 4) is 0 Å². The number of pyridine rings is 1. The third-order valence-electron chi connectivity index (χ3n) is 5.12. The summed E-state index contributed by atoms with van der Waals surface area (Å²) in [5.74, 6) is -0.300. The second-order valence-electron chi connectivity index (χ2n) is 7.02. The highest BCUT2D eigenvalue weighted by atomic mass is 16.5. The number of ether oxygens (including phenoxy) is 1. The van der Waals surface area contributed by atoms with Gasteiger partial charge in [0.1, 0.15) is 6.73 Å². The first-order valence-corrected chi connectivity index (χ1v) is 9.20. The first-order chi connectivity index (χ1) is 13.2. The maximum absolute atomic E-state index is 12.3. The van der Waals surface area contributed by atoms with Gasteiger partial charge in [-0.15, -0.1) is 0 Å². The Morgan fingerprint density at radius 3 is 2.85 bits per heavy atom. The van der Waals surface area contributed by atoms with Crippen LogP contribution in [0.3, 0.4) is 0 Å². The predicted octanol–water partition coefficient (Wildman–Crippen LogP) is 2.41. The van der Waals surface area contributed by atoms with Gasteiger partial charge in [-0.2, -0.15) is 0 Å². The summed E-state index contributed by atoms with van der Waals surface area (Å²) in [6.07, 6.45) is 4.67. The number of carbonyl (C=O) groups excluding carboxylic acids is 1. The summed E-state index contributed by atoms with van der Waals surface area (Å²) >= 11 is 0. The number of hydrogen-bond donors (Lipinski definition) is 1. The first kappa shape index (κ1) is 17.7. The molecule has 0 radical (unpaired) electrons. The molecule has 6 heteroatoms. The average molecular weight is 364 g/mol. The van der Waals surface area contributed by atoms with Crippen LogP contribution < -0.4 is 5.32 Å². The van der Waals surface area contributed by atoms with E-state index in [1.54, 1.807) is 7.05 Å². The van der Waals surface area contributed by atoms with Gasteiger partial charge in [-0.1, -0.05) is 0 Å². The van der Waals surface area contributed by atoms with Crippen molar-refractivity contribution >= 4 is 16.9 Å². The molecule has 1 aliphatic rings. The number of rotatable bonds is 5. The van der Waals surface area contributed by atoms with Crippen LogP contribution in [-0.4, -0.2) is 47.8 Å². The maximum atomic E-state index is 12.3. The van der Waals surface area contributed by atoms with E-state index in [2.05, 4.69) is 38.9 Å². The molecule has 4 rings (SSSR count). The number of carbonyl (C=O) groups is 1. The van der Waals surface area contributed by atoms with E-state index < -0.39 is 0 Å². The number of fused-ring (bicyclic) bond motifs is 3. The molecule has 0 atom stereocenters. The van der Waals surface area contributed by atoms with Gasteiger partial charge >= 0.3 is 5.97 Å². The van der Waals surface area contributed by atoms with Crippen LogP contribution in [0, 0.1) is 0 Å². The molecule has 0 bridgehead atoms. The molecular weight excluding hydrogens is 340 g/mol. The maximum Gasteiger partial charge on any atom is 0.339 e. The molecule has 0 aliphatic carbocycles. The molecule has 1 N–H and O–H groups in total. The van der Waals surface area contributed by atoms with E-state index in [0.717, 1.165) is 37.0 Å². The van der Waals surface area contributed by atoms with Crippen molar-refractivity contribution in [1.29, 1.82) is 0 Å². The van der Waals surface area contributed by atoms with Crippen LogP contribution >= 0.6 is 0 Å². The second-order valence-corrected chi connectivity index (χ2v) is 7.02. The zero-order chi connectivity index (χ0) is 18.8. The smallest absolute Gasteiger partial charge is 0.339 e. The molecule has 3 heterocycles. The highest BCUT2D eigenvalue weighted by Crippen LogP contribution is 2.32. The fraction of sp³-hybridized carbons (Fsp3) is 0.333. The zero-order valence-electron chi connectivity index (χ0n) is 15.7. The van der Waals surface area contributed by atoms with Gasteiger partial charge < -0.3 is 14.2 Å². The number of aromatic nitrogens is 2. The number of nitrogens with zero attached hydrogens (tertiary/aromatic N) is 3. The Morgan fingerprint density at radius 2 is 2.07 bits per heavy atom. The molecule has 2 aromatic heterocycles. The predicted molar refractivity (Wildman–Crippen MR) is 105 cm³/mol. The van der Waals surface area contributed by atoms with Crippen molar-refractivity contribution in [2.75, 3.05) is 27.4 Å². The fourth-order valence-electron chi connectivity index (χ4n) is 3.78. The molecule has 0 saturated carbocycles. The van der Waals surface area contributed by atoms with Crippen molar-refractivity contribution in [2.45, 2.75) is 19.5 Å². The minimum atomic E-state index is -0.300. The van der Waals surface area contributed by atoms with Gasteiger partial charge in [0.2, 0.25) is 0 Å². The van der Waals surface area contributed by atoms with Crippen molar-refractivity contribution < 1.29 is 9.53 Å². The van der Waals surface area contributed by atoms with E-state index in [9.17, 15) is 4.79 Å². The normalized spacial score (nSPS) is 14.3. The lowest BCUT2D eigenvalue weighted by molar-refractivity contribution is 0.0482. The molecule has 6 nitrogen and oxygen atoms in total. The molecule has 0 saturated heterocycles. The molecular formula is C21H24N4O2. The summed E-state index contributed by atoms with van der Waals surface area (Å²) in [5, 5.41) is 3.98. The van der Waals surface area contributed by atoms with Gasteiger partial charge in [0, 0.05) is 55.0 Å². The van der Waals surface area contributed by atoms with E-state index in [1.807, 2.05) is 30.6 Å². The van der Waals surface area contributed by atoms with Gasteiger partial charge in [-0.05, 0) is 55.6 Å². The summed E-state index contributed by atoms with van der Waals surface area (Å²) in [5.41, 5.74) is 5.66. The Labute approximate surface area is 158 Å². The van der Waals surface area contributed by atoms with Crippen LogP contribution in [0.4, 0.5) is 0 Å². The molecule has 0 unspecified atom stereocenters. The quantitative estimate of drug-likeness (QED) is 0.557. The first-order valence-electron chi connectivity index (χ1n) is 9.20. The van der Waals surface area contributed by atoms with Gasteiger partial charge in [0.15, 0.2) is 0 Å². The Hall–Kier alpha value is -2.70. The molecule has 0 amide bonds. The van der Waals surface area contributed by atoms with Crippen LogP contribution in [0.2, 0.25) is 0 Å². The largest absolute Gasteiger partial charge is 0.446 e. The Kier molecular flexibility index (Phi) is 4.92. The minimum Gasteiger partial charge on any atom is -0.446 e. The number of hydrogen-bond acceptors (Lipinski definition) is 5. The lowest BCUT2D eigenvalue weighted by Crippen LogP contribution is -2.27. The zero-order valence-corrected chi connectivity index (χ0v) is 15.7. The van der Waals surface area contributed by atoms with Crippen molar-refractivity contribution in [3.05, 3.63) is 65.1 Å². The second kappa shape index (κ2) is 7.50. The Bertz CT molecular complexity index is 965. The molecule has 1 aromatic carbocycles. The van der Waals surface area contributed by atoms with Gasteiger partial charge in [0.25, 0.3) is 0 Å². The summed E-state index contributed by atoms with van der Waals surface area (Å²) in [7, 11) is 3.89. The number of likely N-dealkylation sites (N-methyl/N-ethyl adjacent to an activating group) is 1. The van der Waals surface area contributed by atoms with Crippen molar-refractivity contribution in [1.82, 2.24) is 19.8 Å². The molecule has 0 spiro atoms. The summed E-state index contributed by atoms with van der Waals surface area (Å²) in [6.45, 7) is 2.95. The number of esters is 1. The average Bonchev–Trinajstić information content (AvgIpc) is 2.99. The summed E-state index contributed by atoms with van der Waals surface area (Å²) in [6, 6.07) is 9.99.